The first-order valence-electron chi connectivity index (χ1n) is 9.60. The van der Waals surface area contributed by atoms with E-state index in [1.54, 1.807) is 0 Å². The Labute approximate surface area is 157 Å². The zero-order valence-electron chi connectivity index (χ0n) is 16.5. The van der Waals surface area contributed by atoms with E-state index in [9.17, 15) is 9.59 Å². The van der Waals surface area contributed by atoms with Gasteiger partial charge in [0.15, 0.2) is 0 Å². The number of hydrogen-bond acceptors (Lipinski definition) is 4. The molecule has 0 unspecified atom stereocenters. The van der Waals surface area contributed by atoms with Crippen molar-refractivity contribution in [2.24, 2.45) is 0 Å². The molecular formula is C22H32O4. The van der Waals surface area contributed by atoms with Crippen LogP contribution in [-0.4, -0.2) is 18.2 Å². The van der Waals surface area contributed by atoms with Crippen LogP contribution in [0.25, 0.3) is 6.08 Å². The minimum atomic E-state index is -0.960. The Morgan fingerprint density at radius 1 is 0.923 bits per heavy atom. The highest BCUT2D eigenvalue weighted by molar-refractivity contribution is 5.69. The average Bonchev–Trinajstić information content (AvgIpc) is 2.58. The summed E-state index contributed by atoms with van der Waals surface area (Å²) < 4.78 is 10.4. The number of hydrogen-bond donors (Lipinski definition) is 0. The molecule has 0 aliphatic carbocycles. The Morgan fingerprint density at radius 2 is 1.54 bits per heavy atom. The largest absolute Gasteiger partial charge is 0.421 e. The summed E-state index contributed by atoms with van der Waals surface area (Å²) in [5, 5.41) is 0. The van der Waals surface area contributed by atoms with Gasteiger partial charge in [-0.05, 0) is 36.5 Å². The Balaban J connectivity index is 2.87. The summed E-state index contributed by atoms with van der Waals surface area (Å²) in [5.74, 6) is -0.943. The van der Waals surface area contributed by atoms with E-state index in [1.807, 2.05) is 13.0 Å². The van der Waals surface area contributed by atoms with Gasteiger partial charge in [-0.2, -0.15) is 0 Å². The van der Waals surface area contributed by atoms with Crippen molar-refractivity contribution >= 4 is 18.0 Å². The van der Waals surface area contributed by atoms with Crippen molar-refractivity contribution in [3.63, 3.8) is 0 Å². The lowest BCUT2D eigenvalue weighted by atomic mass is 10.0. The highest BCUT2D eigenvalue weighted by Crippen LogP contribution is 2.20. The monoisotopic (exact) mass is 360 g/mol. The molecule has 0 saturated heterocycles. The van der Waals surface area contributed by atoms with Crippen molar-refractivity contribution in [1.82, 2.24) is 0 Å². The fraction of sp³-hybridized carbons (Fsp3) is 0.545. The SMILES string of the molecule is CCCCCCc1ccc(/C=C(\CCC)C(OC(C)=O)OC(C)=O)cc1. The number of carbonyl (C=O) groups excluding carboxylic acids is 2. The Hall–Kier alpha value is -2.10. The van der Waals surface area contributed by atoms with Crippen LogP contribution in [0.4, 0.5) is 0 Å². The minimum Gasteiger partial charge on any atom is -0.421 e. The zero-order valence-corrected chi connectivity index (χ0v) is 16.5. The molecule has 4 heteroatoms. The van der Waals surface area contributed by atoms with Crippen LogP contribution in [-0.2, 0) is 25.5 Å². The van der Waals surface area contributed by atoms with Crippen LogP contribution in [0.1, 0.15) is 77.3 Å². The Bertz CT molecular complexity index is 571. The maximum absolute atomic E-state index is 11.3. The Morgan fingerprint density at radius 3 is 2.04 bits per heavy atom. The minimum absolute atomic E-state index is 0.472. The quantitative estimate of drug-likeness (QED) is 0.299. The van der Waals surface area contributed by atoms with Crippen LogP contribution in [0.15, 0.2) is 29.8 Å². The molecule has 1 rings (SSSR count). The normalized spacial score (nSPS) is 11.5. The summed E-state index contributed by atoms with van der Waals surface area (Å²) in [7, 11) is 0. The summed E-state index contributed by atoms with van der Waals surface area (Å²) in [6.45, 7) is 6.88. The molecule has 144 valence electrons. The van der Waals surface area contributed by atoms with Crippen LogP contribution < -0.4 is 0 Å². The molecule has 4 nitrogen and oxygen atoms in total. The fourth-order valence-electron chi connectivity index (χ4n) is 2.77. The second kappa shape index (κ2) is 12.3. The highest BCUT2D eigenvalue weighted by atomic mass is 16.7. The molecule has 0 heterocycles. The van der Waals surface area contributed by atoms with Gasteiger partial charge in [0.1, 0.15) is 0 Å². The summed E-state index contributed by atoms with van der Waals surface area (Å²) >= 11 is 0. The average molecular weight is 360 g/mol. The van der Waals surface area contributed by atoms with E-state index in [1.165, 1.54) is 45.1 Å². The molecular weight excluding hydrogens is 328 g/mol. The topological polar surface area (TPSA) is 52.6 Å². The van der Waals surface area contributed by atoms with E-state index in [4.69, 9.17) is 9.47 Å². The number of carbonyl (C=O) groups is 2. The van der Waals surface area contributed by atoms with Crippen LogP contribution in [0.2, 0.25) is 0 Å². The van der Waals surface area contributed by atoms with Crippen molar-refractivity contribution in [2.45, 2.75) is 78.9 Å². The standard InChI is InChI=1S/C22H32O4/c1-5-7-8-9-11-19-12-14-20(15-13-19)16-21(10-6-2)22(25-17(3)23)26-18(4)24/h12-16,22H,5-11H2,1-4H3/b21-16+. The van der Waals surface area contributed by atoms with Crippen LogP contribution in [0.3, 0.4) is 0 Å². The van der Waals surface area contributed by atoms with Gasteiger partial charge in [0, 0.05) is 19.4 Å². The predicted octanol–water partition coefficient (Wildman–Crippen LogP) is 5.45. The van der Waals surface area contributed by atoms with Gasteiger partial charge in [0.05, 0.1) is 0 Å². The van der Waals surface area contributed by atoms with Crippen LogP contribution in [0.5, 0.6) is 0 Å². The third-order valence-corrected chi connectivity index (χ3v) is 4.04. The van der Waals surface area contributed by atoms with Gasteiger partial charge in [0.2, 0.25) is 0 Å². The molecule has 1 aromatic rings. The van der Waals surface area contributed by atoms with E-state index in [0.29, 0.717) is 6.42 Å². The molecule has 26 heavy (non-hydrogen) atoms. The molecule has 0 fully saturated rings. The van der Waals surface area contributed by atoms with E-state index >= 15 is 0 Å². The van der Waals surface area contributed by atoms with E-state index in [2.05, 4.69) is 31.2 Å². The predicted molar refractivity (Wildman–Crippen MR) is 104 cm³/mol. The summed E-state index contributed by atoms with van der Waals surface area (Å²) in [6.07, 6.45) is 8.64. The third kappa shape index (κ3) is 8.84. The number of unbranched alkanes of at least 4 members (excludes halogenated alkanes) is 3. The number of benzene rings is 1. The van der Waals surface area contributed by atoms with Crippen molar-refractivity contribution in [2.75, 3.05) is 0 Å². The molecule has 0 saturated carbocycles. The maximum atomic E-state index is 11.3. The van der Waals surface area contributed by atoms with Crippen molar-refractivity contribution in [3.05, 3.63) is 41.0 Å². The summed E-state index contributed by atoms with van der Waals surface area (Å²) in [4.78, 5) is 22.7. The Kier molecular flexibility index (Phi) is 10.4. The first-order valence-corrected chi connectivity index (χ1v) is 9.60. The lowest BCUT2D eigenvalue weighted by Gasteiger charge is -2.19. The van der Waals surface area contributed by atoms with E-state index < -0.39 is 18.2 Å². The molecule has 0 radical (unpaired) electrons. The first kappa shape index (κ1) is 21.9. The van der Waals surface area contributed by atoms with Gasteiger partial charge in [-0.25, -0.2) is 0 Å². The lowest BCUT2D eigenvalue weighted by molar-refractivity contribution is -0.178. The van der Waals surface area contributed by atoms with Gasteiger partial charge in [-0.15, -0.1) is 0 Å². The number of ether oxygens (including phenoxy) is 2. The van der Waals surface area contributed by atoms with Gasteiger partial charge in [-0.3, -0.25) is 9.59 Å². The second-order valence-corrected chi connectivity index (χ2v) is 6.57. The third-order valence-electron chi connectivity index (χ3n) is 4.04. The molecule has 0 aromatic heterocycles. The van der Waals surface area contributed by atoms with Crippen LogP contribution >= 0.6 is 0 Å². The lowest BCUT2D eigenvalue weighted by Crippen LogP contribution is -2.24. The molecule has 1 aromatic carbocycles. The van der Waals surface area contributed by atoms with Crippen molar-refractivity contribution < 1.29 is 19.1 Å². The molecule has 0 aliphatic heterocycles. The molecule has 0 atom stereocenters. The number of aryl methyl sites for hydroxylation is 1. The van der Waals surface area contributed by atoms with Crippen molar-refractivity contribution in [3.8, 4) is 0 Å². The molecule has 0 amide bonds. The molecule has 0 aliphatic rings. The van der Waals surface area contributed by atoms with Gasteiger partial charge in [-0.1, -0.05) is 63.8 Å². The highest BCUT2D eigenvalue weighted by Gasteiger charge is 2.20. The van der Waals surface area contributed by atoms with Gasteiger partial charge < -0.3 is 9.47 Å². The fourth-order valence-corrected chi connectivity index (χ4v) is 2.77. The van der Waals surface area contributed by atoms with Crippen LogP contribution in [0, 0.1) is 0 Å². The van der Waals surface area contributed by atoms with E-state index in [0.717, 1.165) is 24.0 Å². The first-order chi connectivity index (χ1) is 12.5. The maximum Gasteiger partial charge on any atom is 0.305 e. The summed E-state index contributed by atoms with van der Waals surface area (Å²) in [6, 6.07) is 8.38. The van der Waals surface area contributed by atoms with Gasteiger partial charge in [0.25, 0.3) is 6.29 Å². The summed E-state index contributed by atoms with van der Waals surface area (Å²) in [5.41, 5.74) is 3.12. The van der Waals surface area contributed by atoms with E-state index in [-0.39, 0.29) is 0 Å². The number of rotatable bonds is 11. The smallest absolute Gasteiger partial charge is 0.305 e. The second-order valence-electron chi connectivity index (χ2n) is 6.57. The molecule has 0 bridgehead atoms. The van der Waals surface area contributed by atoms with Gasteiger partial charge >= 0.3 is 11.9 Å². The molecule has 0 spiro atoms. The zero-order chi connectivity index (χ0) is 19.4. The van der Waals surface area contributed by atoms with Crippen molar-refractivity contribution in [1.29, 1.82) is 0 Å². The number of esters is 2. The molecule has 0 N–H and O–H groups in total.